The molecule has 1 unspecified atom stereocenters. The lowest BCUT2D eigenvalue weighted by Gasteiger charge is -2.13. The standard InChI is InChI=1S/C26H20F3NO4/c27-26(28,29)21-8-4-18(5-9-21)20-3-1-2-17(14-20)16-33-22-10-6-19(7-11-22)23(15-25(31)32)24-12-13-30-34-24/h1-14,23H,15-16H2,(H,31,32). The van der Waals surface area contributed by atoms with Crippen LogP contribution < -0.4 is 4.74 Å². The van der Waals surface area contributed by atoms with Crippen molar-refractivity contribution in [2.24, 2.45) is 0 Å². The Balaban J connectivity index is 1.43. The molecule has 3 aromatic carbocycles. The third-order valence-corrected chi connectivity index (χ3v) is 5.34. The lowest BCUT2D eigenvalue weighted by atomic mass is 9.93. The van der Waals surface area contributed by atoms with Crippen molar-refractivity contribution in [1.29, 1.82) is 0 Å². The zero-order valence-corrected chi connectivity index (χ0v) is 17.8. The molecule has 0 fully saturated rings. The van der Waals surface area contributed by atoms with E-state index in [0.29, 0.717) is 17.1 Å². The van der Waals surface area contributed by atoms with Crippen molar-refractivity contribution in [2.75, 3.05) is 0 Å². The Labute approximate surface area is 193 Å². The number of alkyl halides is 3. The Morgan fingerprint density at radius 2 is 1.71 bits per heavy atom. The van der Waals surface area contributed by atoms with Crippen LogP contribution in [0.15, 0.2) is 89.6 Å². The molecule has 0 amide bonds. The maximum atomic E-state index is 12.8. The van der Waals surface area contributed by atoms with Gasteiger partial charge in [0.05, 0.1) is 24.1 Å². The van der Waals surface area contributed by atoms with Gasteiger partial charge in [-0.1, -0.05) is 47.6 Å². The summed E-state index contributed by atoms with van der Waals surface area (Å²) in [6, 6.07) is 21.1. The number of hydrogen-bond acceptors (Lipinski definition) is 4. The molecule has 0 aliphatic heterocycles. The predicted molar refractivity (Wildman–Crippen MR) is 118 cm³/mol. The molecule has 1 heterocycles. The van der Waals surface area contributed by atoms with Gasteiger partial charge in [0.1, 0.15) is 18.1 Å². The SMILES string of the molecule is O=C(O)CC(c1ccc(OCc2cccc(-c3ccc(C(F)(F)F)cc3)c2)cc1)c1ccno1. The number of aromatic nitrogens is 1. The van der Waals surface area contributed by atoms with E-state index in [-0.39, 0.29) is 13.0 Å². The molecule has 1 N–H and O–H groups in total. The van der Waals surface area contributed by atoms with E-state index in [1.165, 1.54) is 18.3 Å². The minimum absolute atomic E-state index is 0.133. The second-order valence-corrected chi connectivity index (χ2v) is 7.70. The number of halogens is 3. The average Bonchev–Trinajstić information content (AvgIpc) is 3.36. The number of hydrogen-bond donors (Lipinski definition) is 1. The highest BCUT2D eigenvalue weighted by Gasteiger charge is 2.30. The van der Waals surface area contributed by atoms with Crippen molar-refractivity contribution in [3.8, 4) is 16.9 Å². The summed E-state index contributed by atoms with van der Waals surface area (Å²) in [5, 5.41) is 12.9. The molecule has 34 heavy (non-hydrogen) atoms. The fourth-order valence-electron chi connectivity index (χ4n) is 3.62. The highest BCUT2D eigenvalue weighted by Crippen LogP contribution is 2.32. The van der Waals surface area contributed by atoms with E-state index < -0.39 is 23.6 Å². The van der Waals surface area contributed by atoms with E-state index in [2.05, 4.69) is 5.16 Å². The van der Waals surface area contributed by atoms with Gasteiger partial charge >= 0.3 is 12.1 Å². The topological polar surface area (TPSA) is 72.6 Å². The molecule has 0 saturated heterocycles. The van der Waals surface area contributed by atoms with Crippen LogP contribution in [0.5, 0.6) is 5.75 Å². The van der Waals surface area contributed by atoms with E-state index in [9.17, 15) is 23.1 Å². The smallest absolute Gasteiger partial charge is 0.416 e. The minimum Gasteiger partial charge on any atom is -0.489 e. The molecule has 0 aliphatic rings. The zero-order valence-electron chi connectivity index (χ0n) is 17.8. The van der Waals surface area contributed by atoms with E-state index in [4.69, 9.17) is 9.26 Å². The van der Waals surface area contributed by atoms with Crippen molar-refractivity contribution in [3.05, 3.63) is 108 Å². The maximum Gasteiger partial charge on any atom is 0.416 e. The first kappa shape index (κ1) is 23.1. The van der Waals surface area contributed by atoms with Crippen molar-refractivity contribution in [2.45, 2.75) is 25.1 Å². The number of aliphatic carboxylic acids is 1. The van der Waals surface area contributed by atoms with Crippen molar-refractivity contribution in [1.82, 2.24) is 5.16 Å². The Bertz CT molecular complexity index is 1230. The van der Waals surface area contributed by atoms with Crippen LogP contribution in [0.3, 0.4) is 0 Å². The number of ether oxygens (including phenoxy) is 1. The molecule has 1 aromatic heterocycles. The van der Waals surface area contributed by atoms with Gasteiger partial charge < -0.3 is 14.4 Å². The molecule has 0 radical (unpaired) electrons. The molecule has 5 nitrogen and oxygen atoms in total. The van der Waals surface area contributed by atoms with Gasteiger partial charge in [0, 0.05) is 6.07 Å². The fourth-order valence-corrected chi connectivity index (χ4v) is 3.62. The summed E-state index contributed by atoms with van der Waals surface area (Å²) in [6.45, 7) is 0.258. The number of carbonyl (C=O) groups is 1. The first-order chi connectivity index (χ1) is 16.3. The third kappa shape index (κ3) is 5.64. The molecule has 4 aromatic rings. The van der Waals surface area contributed by atoms with Gasteiger partial charge in [-0.25, -0.2) is 0 Å². The number of rotatable bonds is 8. The Morgan fingerprint density at radius 1 is 0.971 bits per heavy atom. The molecule has 0 saturated carbocycles. The van der Waals surface area contributed by atoms with Crippen LogP contribution in [-0.2, 0) is 17.6 Å². The van der Waals surface area contributed by atoms with Gasteiger partial charge in [0.25, 0.3) is 0 Å². The van der Waals surface area contributed by atoms with Gasteiger partial charge in [0.15, 0.2) is 0 Å². The van der Waals surface area contributed by atoms with Crippen LogP contribution in [0.4, 0.5) is 13.2 Å². The highest BCUT2D eigenvalue weighted by molar-refractivity contribution is 5.69. The van der Waals surface area contributed by atoms with Gasteiger partial charge in [-0.15, -0.1) is 0 Å². The summed E-state index contributed by atoms with van der Waals surface area (Å²) >= 11 is 0. The monoisotopic (exact) mass is 467 g/mol. The summed E-state index contributed by atoms with van der Waals surface area (Å²) in [7, 11) is 0. The molecule has 8 heteroatoms. The molecule has 0 aliphatic carbocycles. The molecule has 4 rings (SSSR count). The van der Waals surface area contributed by atoms with Crippen LogP contribution in [0.25, 0.3) is 11.1 Å². The Hall–Kier alpha value is -4.07. The van der Waals surface area contributed by atoms with E-state index >= 15 is 0 Å². The lowest BCUT2D eigenvalue weighted by molar-refractivity contribution is -0.138. The largest absolute Gasteiger partial charge is 0.489 e. The fraction of sp³-hybridized carbons (Fsp3) is 0.154. The first-order valence-electron chi connectivity index (χ1n) is 10.4. The van der Waals surface area contributed by atoms with Crippen LogP contribution in [0.2, 0.25) is 0 Å². The van der Waals surface area contributed by atoms with Gasteiger partial charge in [0.2, 0.25) is 0 Å². The van der Waals surface area contributed by atoms with Gasteiger partial charge in [-0.3, -0.25) is 4.79 Å². The number of benzene rings is 3. The Kier molecular flexibility index (Phi) is 6.67. The molecule has 0 bridgehead atoms. The zero-order chi connectivity index (χ0) is 24.1. The van der Waals surface area contributed by atoms with Crippen LogP contribution in [0, 0.1) is 0 Å². The summed E-state index contributed by atoms with van der Waals surface area (Å²) < 4.78 is 49.4. The quantitative estimate of drug-likeness (QED) is 0.318. The van der Waals surface area contributed by atoms with E-state index in [1.54, 1.807) is 30.3 Å². The molecule has 0 spiro atoms. The normalized spacial score (nSPS) is 12.3. The number of carboxylic acids is 1. The van der Waals surface area contributed by atoms with Crippen molar-refractivity contribution in [3.63, 3.8) is 0 Å². The lowest BCUT2D eigenvalue weighted by Crippen LogP contribution is -2.07. The molecular formula is C26H20F3NO4. The van der Waals surface area contributed by atoms with E-state index in [1.807, 2.05) is 24.3 Å². The summed E-state index contributed by atoms with van der Waals surface area (Å²) in [5.41, 5.74) is 2.39. The number of nitrogens with zero attached hydrogens (tertiary/aromatic N) is 1. The van der Waals surface area contributed by atoms with Crippen LogP contribution in [0.1, 0.15) is 34.8 Å². The van der Waals surface area contributed by atoms with E-state index in [0.717, 1.165) is 28.8 Å². The molecular weight excluding hydrogens is 447 g/mol. The van der Waals surface area contributed by atoms with Gasteiger partial charge in [-0.2, -0.15) is 13.2 Å². The van der Waals surface area contributed by atoms with Crippen molar-refractivity contribution >= 4 is 5.97 Å². The predicted octanol–water partition coefficient (Wildman–Crippen LogP) is 6.55. The number of carboxylic acid groups (broad SMARTS) is 1. The average molecular weight is 467 g/mol. The third-order valence-electron chi connectivity index (χ3n) is 5.34. The molecule has 174 valence electrons. The van der Waals surface area contributed by atoms with Gasteiger partial charge in [-0.05, 0) is 52.6 Å². The second-order valence-electron chi connectivity index (χ2n) is 7.70. The van der Waals surface area contributed by atoms with Crippen molar-refractivity contribution < 1.29 is 32.3 Å². The summed E-state index contributed by atoms with van der Waals surface area (Å²) in [5.74, 6) is -0.351. The summed E-state index contributed by atoms with van der Waals surface area (Å²) in [4.78, 5) is 11.3. The second kappa shape index (κ2) is 9.82. The van der Waals surface area contributed by atoms with Crippen LogP contribution >= 0.6 is 0 Å². The molecule has 1 atom stereocenters. The Morgan fingerprint density at radius 3 is 2.32 bits per heavy atom. The first-order valence-corrected chi connectivity index (χ1v) is 10.4. The maximum absolute atomic E-state index is 12.8. The van der Waals surface area contributed by atoms with Crippen LogP contribution in [-0.4, -0.2) is 16.2 Å². The summed E-state index contributed by atoms with van der Waals surface area (Å²) in [6.07, 6.45) is -3.03. The minimum atomic E-state index is -4.37. The highest BCUT2D eigenvalue weighted by atomic mass is 19.4.